The molecule has 132 valence electrons. The molecule has 6 heteroatoms. The van der Waals surface area contributed by atoms with Gasteiger partial charge in [-0.2, -0.15) is 5.10 Å². The summed E-state index contributed by atoms with van der Waals surface area (Å²) in [6.45, 7) is 0. The van der Waals surface area contributed by atoms with Gasteiger partial charge in [0, 0.05) is 28.2 Å². The monoisotopic (exact) mass is 355 g/mol. The molecule has 0 aliphatic carbocycles. The number of nitrogen functional groups attached to an aromatic ring is 1. The van der Waals surface area contributed by atoms with E-state index in [2.05, 4.69) is 38.4 Å². The van der Waals surface area contributed by atoms with Gasteiger partial charge in [0.2, 0.25) is 0 Å². The van der Waals surface area contributed by atoms with E-state index in [0.29, 0.717) is 5.82 Å². The zero-order chi connectivity index (χ0) is 18.4. The fraction of sp³-hybridized carbons (Fsp3) is 0.0476. The lowest BCUT2D eigenvalue weighted by atomic mass is 10.0. The number of benzene rings is 2. The average Bonchev–Trinajstić information content (AvgIpc) is 3.31. The second-order valence-electron chi connectivity index (χ2n) is 6.40. The van der Waals surface area contributed by atoms with Gasteiger partial charge in [-0.3, -0.25) is 5.10 Å². The molecule has 6 nitrogen and oxygen atoms in total. The maximum absolute atomic E-state index is 5.97. The van der Waals surface area contributed by atoms with E-state index >= 15 is 0 Å². The van der Waals surface area contributed by atoms with Gasteiger partial charge in [-0.25, -0.2) is 4.98 Å². The summed E-state index contributed by atoms with van der Waals surface area (Å²) in [5.41, 5.74) is 11.9. The molecule has 4 N–H and O–H groups in total. The summed E-state index contributed by atoms with van der Waals surface area (Å²) in [7, 11) is 1.67. The first-order chi connectivity index (χ1) is 13.2. The number of aromatic nitrogens is 4. The van der Waals surface area contributed by atoms with Crippen molar-refractivity contribution in [3.05, 3.63) is 60.8 Å². The highest BCUT2D eigenvalue weighted by atomic mass is 16.5. The predicted octanol–water partition coefficient (Wildman–Crippen LogP) is 4.36. The smallest absolute Gasteiger partial charge is 0.153 e. The summed E-state index contributed by atoms with van der Waals surface area (Å²) in [6.07, 6.45) is 1.81. The number of pyridine rings is 1. The van der Waals surface area contributed by atoms with Crippen molar-refractivity contribution < 1.29 is 4.74 Å². The Hall–Kier alpha value is -3.80. The summed E-state index contributed by atoms with van der Waals surface area (Å²) in [5, 5.41) is 8.98. The molecule has 0 saturated carbocycles. The van der Waals surface area contributed by atoms with Crippen LogP contribution in [0.25, 0.3) is 44.3 Å². The number of ether oxygens (including phenoxy) is 1. The van der Waals surface area contributed by atoms with Gasteiger partial charge >= 0.3 is 0 Å². The lowest BCUT2D eigenvalue weighted by molar-refractivity contribution is 0.415. The molecule has 0 aliphatic heterocycles. The Bertz CT molecular complexity index is 1280. The van der Waals surface area contributed by atoms with Crippen molar-refractivity contribution in [1.82, 2.24) is 20.2 Å². The maximum atomic E-state index is 5.97. The minimum absolute atomic E-state index is 0.503. The molecule has 0 bridgehead atoms. The number of H-pyrrole nitrogens is 2. The average molecular weight is 355 g/mol. The van der Waals surface area contributed by atoms with Gasteiger partial charge in [-0.05, 0) is 47.5 Å². The van der Waals surface area contributed by atoms with E-state index in [-0.39, 0.29) is 0 Å². The summed E-state index contributed by atoms with van der Waals surface area (Å²) in [5.74, 6) is 1.32. The number of anilines is 1. The van der Waals surface area contributed by atoms with Crippen LogP contribution < -0.4 is 10.5 Å². The molecule has 3 aromatic heterocycles. The van der Waals surface area contributed by atoms with Crippen LogP contribution >= 0.6 is 0 Å². The third kappa shape index (κ3) is 2.50. The highest BCUT2D eigenvalue weighted by Gasteiger charge is 2.12. The van der Waals surface area contributed by atoms with E-state index in [1.807, 2.05) is 42.6 Å². The van der Waals surface area contributed by atoms with Gasteiger partial charge in [-0.1, -0.05) is 18.2 Å². The van der Waals surface area contributed by atoms with Crippen LogP contribution in [0.4, 0.5) is 5.82 Å². The molecule has 0 aliphatic rings. The van der Waals surface area contributed by atoms with Crippen LogP contribution in [-0.4, -0.2) is 27.3 Å². The minimum Gasteiger partial charge on any atom is -0.497 e. The first-order valence-electron chi connectivity index (χ1n) is 8.59. The van der Waals surface area contributed by atoms with E-state index in [4.69, 9.17) is 10.5 Å². The van der Waals surface area contributed by atoms with Crippen LogP contribution in [0.5, 0.6) is 5.75 Å². The molecule has 3 heterocycles. The van der Waals surface area contributed by atoms with Gasteiger partial charge in [0.1, 0.15) is 11.4 Å². The number of fused-ring (bicyclic) bond motifs is 2. The van der Waals surface area contributed by atoms with Crippen LogP contribution in [0.1, 0.15) is 0 Å². The number of nitrogens with one attached hydrogen (secondary N) is 2. The quantitative estimate of drug-likeness (QED) is 0.448. The number of hydrogen-bond donors (Lipinski definition) is 3. The molecule has 0 atom stereocenters. The van der Waals surface area contributed by atoms with Crippen LogP contribution in [-0.2, 0) is 0 Å². The zero-order valence-corrected chi connectivity index (χ0v) is 14.7. The molecule has 27 heavy (non-hydrogen) atoms. The predicted molar refractivity (Wildman–Crippen MR) is 108 cm³/mol. The minimum atomic E-state index is 0.503. The van der Waals surface area contributed by atoms with E-state index in [1.165, 1.54) is 0 Å². The van der Waals surface area contributed by atoms with Crippen molar-refractivity contribution in [3.8, 4) is 28.1 Å². The highest BCUT2D eigenvalue weighted by molar-refractivity contribution is 5.99. The van der Waals surface area contributed by atoms with Crippen LogP contribution in [0.2, 0.25) is 0 Å². The zero-order valence-electron chi connectivity index (χ0n) is 14.7. The maximum Gasteiger partial charge on any atom is 0.153 e. The van der Waals surface area contributed by atoms with Gasteiger partial charge in [-0.15, -0.1) is 0 Å². The molecular weight excluding hydrogens is 338 g/mol. The molecule has 0 saturated heterocycles. The molecule has 5 rings (SSSR count). The van der Waals surface area contributed by atoms with Crippen molar-refractivity contribution in [2.24, 2.45) is 0 Å². The van der Waals surface area contributed by atoms with Crippen LogP contribution in [0.3, 0.4) is 0 Å². The Morgan fingerprint density at radius 1 is 0.963 bits per heavy atom. The number of methoxy groups -OCH3 is 1. The third-order valence-corrected chi connectivity index (χ3v) is 4.82. The molecule has 0 amide bonds. The molecule has 5 aromatic rings. The van der Waals surface area contributed by atoms with Gasteiger partial charge in [0.15, 0.2) is 5.82 Å². The van der Waals surface area contributed by atoms with E-state index in [0.717, 1.165) is 50.1 Å². The fourth-order valence-electron chi connectivity index (χ4n) is 3.43. The molecule has 0 unspecified atom stereocenters. The number of nitrogens with zero attached hydrogens (tertiary/aromatic N) is 2. The third-order valence-electron chi connectivity index (χ3n) is 4.82. The van der Waals surface area contributed by atoms with Gasteiger partial charge in [0.25, 0.3) is 0 Å². The lowest BCUT2D eigenvalue weighted by Crippen LogP contribution is -1.85. The van der Waals surface area contributed by atoms with Crippen LogP contribution in [0, 0.1) is 0 Å². The standard InChI is InChI=1S/C21H17N5O/c1-27-14-4-2-3-13(9-14)19-11-16-15(7-8-23-21(16)24-19)12-5-6-18-17(10-12)20(22)26-25-18/h2-11H,1H3,(H,23,24)(H3,22,25,26). The summed E-state index contributed by atoms with van der Waals surface area (Å²) in [6, 6.07) is 18.2. The normalized spacial score (nSPS) is 11.3. The Kier molecular flexibility index (Phi) is 3.36. The number of aromatic amines is 2. The van der Waals surface area contributed by atoms with E-state index in [9.17, 15) is 0 Å². The van der Waals surface area contributed by atoms with Gasteiger partial charge < -0.3 is 15.5 Å². The fourth-order valence-corrected chi connectivity index (χ4v) is 3.43. The first-order valence-corrected chi connectivity index (χ1v) is 8.59. The summed E-state index contributed by atoms with van der Waals surface area (Å²) in [4.78, 5) is 7.90. The second-order valence-corrected chi connectivity index (χ2v) is 6.40. The van der Waals surface area contributed by atoms with E-state index in [1.54, 1.807) is 7.11 Å². The Balaban J connectivity index is 1.68. The molecule has 0 fully saturated rings. The van der Waals surface area contributed by atoms with Crippen molar-refractivity contribution in [2.75, 3.05) is 12.8 Å². The summed E-state index contributed by atoms with van der Waals surface area (Å²) >= 11 is 0. The van der Waals surface area contributed by atoms with E-state index < -0.39 is 0 Å². The molecule has 0 radical (unpaired) electrons. The largest absolute Gasteiger partial charge is 0.497 e. The lowest BCUT2D eigenvalue weighted by Gasteiger charge is -2.03. The topological polar surface area (TPSA) is 92.6 Å². The summed E-state index contributed by atoms with van der Waals surface area (Å²) < 4.78 is 5.34. The Morgan fingerprint density at radius 2 is 1.89 bits per heavy atom. The SMILES string of the molecule is COc1cccc(-c2cc3c(-c4ccc5[nH]nc(N)c5c4)ccnc3[nH]2)c1. The van der Waals surface area contributed by atoms with Crippen molar-refractivity contribution >= 4 is 27.8 Å². The highest BCUT2D eigenvalue weighted by Crippen LogP contribution is 2.34. The second kappa shape index (κ2) is 5.88. The number of nitrogens with two attached hydrogens (primary N) is 1. The van der Waals surface area contributed by atoms with Gasteiger partial charge in [0.05, 0.1) is 12.6 Å². The molecular formula is C21H17N5O. The number of hydrogen-bond acceptors (Lipinski definition) is 4. The molecule has 0 spiro atoms. The van der Waals surface area contributed by atoms with Crippen molar-refractivity contribution in [3.63, 3.8) is 0 Å². The van der Waals surface area contributed by atoms with Crippen LogP contribution in [0.15, 0.2) is 60.8 Å². The Morgan fingerprint density at radius 3 is 2.78 bits per heavy atom. The van der Waals surface area contributed by atoms with Crippen molar-refractivity contribution in [2.45, 2.75) is 0 Å². The number of rotatable bonds is 3. The first kappa shape index (κ1) is 15.5. The Labute approximate surface area is 155 Å². The molecule has 2 aromatic carbocycles. The van der Waals surface area contributed by atoms with Crippen molar-refractivity contribution in [1.29, 1.82) is 0 Å².